The van der Waals surface area contributed by atoms with Crippen LogP contribution in [-0.2, 0) is 76.4 Å². The van der Waals surface area contributed by atoms with Crippen LogP contribution in [0.3, 0.4) is 0 Å². The van der Waals surface area contributed by atoms with Crippen molar-refractivity contribution in [1.29, 1.82) is 0 Å². The Morgan fingerprint density at radius 2 is 0.642 bits per heavy atom. The van der Waals surface area contributed by atoms with Crippen LogP contribution in [0.5, 0.6) is 0 Å². The van der Waals surface area contributed by atoms with Gasteiger partial charge in [-0.2, -0.15) is 0 Å². The highest BCUT2D eigenvalue weighted by Gasteiger charge is 3.11. The second kappa shape index (κ2) is 13.6. The number of hydrogen-bond donors (Lipinski definition) is 0. The number of ether oxygens (including phenoxy) is 6. The van der Waals surface area contributed by atoms with Gasteiger partial charge in [0.15, 0.2) is 22.4 Å². The number of imide groups is 3. The van der Waals surface area contributed by atoms with E-state index in [0.29, 0.717) is 24.2 Å². The number of anilines is 3. The van der Waals surface area contributed by atoms with E-state index in [1.165, 1.54) is 80.3 Å². The van der Waals surface area contributed by atoms with Crippen molar-refractivity contribution in [3.8, 4) is 0 Å². The Balaban J connectivity index is 0.834. The lowest BCUT2D eigenvalue weighted by atomic mass is 9.35. The molecule has 81 heavy (non-hydrogen) atoms. The molecule has 3 aromatic rings. The van der Waals surface area contributed by atoms with Crippen molar-refractivity contribution in [3.05, 3.63) is 73.6 Å². The first kappa shape index (κ1) is 46.3. The Morgan fingerprint density at radius 1 is 0.395 bits per heavy atom. The van der Waals surface area contributed by atoms with E-state index in [2.05, 4.69) is 15.0 Å². The zero-order valence-corrected chi connectivity index (χ0v) is 43.8. The molecule has 22 heteroatoms. The van der Waals surface area contributed by atoms with Crippen molar-refractivity contribution >= 4 is 76.4 Å². The molecule has 17 aliphatic rings. The normalized spacial score (nSPS) is 52.6. The van der Waals surface area contributed by atoms with Crippen molar-refractivity contribution in [2.75, 3.05) is 43.1 Å². The number of carbonyl (C=O) groups excluding carboxylic acids is 10. The Bertz CT molecular complexity index is 3300. The maximum Gasteiger partial charge on any atom is 0.338 e. The summed E-state index contributed by atoms with van der Waals surface area (Å²) in [6.07, 6.45) is 9.54. The van der Waals surface area contributed by atoms with E-state index in [1.54, 1.807) is 36.4 Å². The van der Waals surface area contributed by atoms with Gasteiger partial charge in [-0.25, -0.2) is 33.9 Å². The molecule has 10 aliphatic carbocycles. The average molecular weight is 1100 g/mol. The molecule has 0 aromatic carbocycles. The van der Waals surface area contributed by atoms with Crippen molar-refractivity contribution in [1.82, 2.24) is 15.0 Å². The predicted octanol–water partition coefficient (Wildman–Crippen LogP) is 1.06. The lowest BCUT2D eigenvalue weighted by Crippen LogP contribution is -2.73. The minimum absolute atomic E-state index is 0.241. The highest BCUT2D eigenvalue weighted by molar-refractivity contribution is 6.28. The Labute approximate surface area is 459 Å². The van der Waals surface area contributed by atoms with Gasteiger partial charge >= 0.3 is 23.9 Å². The first-order chi connectivity index (χ1) is 39.2. The first-order valence-electron chi connectivity index (χ1n) is 28.3. The number of methoxy groups -OCH3 is 4. The van der Waals surface area contributed by atoms with Crippen LogP contribution >= 0.6 is 0 Å². The van der Waals surface area contributed by atoms with E-state index in [1.807, 2.05) is 0 Å². The van der Waals surface area contributed by atoms with Gasteiger partial charge < -0.3 is 28.4 Å². The zero-order valence-electron chi connectivity index (χ0n) is 43.8. The fraction of sp³-hybridized carbons (Fsp3) is 0.576. The van der Waals surface area contributed by atoms with Crippen LogP contribution in [-0.4, -0.2) is 125 Å². The molecule has 7 aliphatic heterocycles. The average Bonchev–Trinajstić information content (AvgIpc) is 1.38. The molecule has 0 radical (unpaired) electrons. The second-order valence-corrected chi connectivity index (χ2v) is 26.4. The summed E-state index contributed by atoms with van der Waals surface area (Å²) in [6, 6.07) is 9.47. The highest BCUT2D eigenvalue weighted by Crippen LogP contribution is 3.03. The van der Waals surface area contributed by atoms with Gasteiger partial charge in [-0.05, 0) is 108 Å². The van der Waals surface area contributed by atoms with E-state index >= 15 is 28.8 Å². The number of aromatic nitrogens is 3. The zero-order chi connectivity index (χ0) is 55.2. The number of carbonyl (C=O) groups is 10. The van der Waals surface area contributed by atoms with Gasteiger partial charge in [-0.1, -0.05) is 0 Å². The van der Waals surface area contributed by atoms with Crippen LogP contribution in [0, 0.1) is 141 Å². The number of esters is 4. The third kappa shape index (κ3) is 3.88. The molecular weight excluding hydrogens is 1050 g/mol. The SMILES string of the molecule is COC(=O)[C@@]12O[C@@](C(=O)OC)(C3C1[C@@H]1C4C5[C@@H]6C7C([C@H]5C5(C(=O)N(c8ccncc8)C(=O)C615)[C@H]43)[C@@]1(C(=O)OC)O[C@]7(C(=O)OC)C3C1[C@H]1C[C@@H]3[C@H]3C(=O)N(c4ccncc4)C(=O)[C@H]31)C1C2[C@H]2C[C@@H]1[C@H]1C(=O)N(c3ccncc3)C(=O)[C@H]12. The van der Waals surface area contributed by atoms with E-state index in [4.69, 9.17) is 28.4 Å². The first-order valence-corrected chi connectivity index (χ1v) is 28.3. The number of hydrogen-bond acceptors (Lipinski definition) is 19. The van der Waals surface area contributed by atoms with Gasteiger partial charge in [0.1, 0.15) is 0 Å². The Kier molecular flexibility index (Phi) is 7.77. The molecule has 7 saturated heterocycles. The van der Waals surface area contributed by atoms with E-state index < -0.39 is 223 Å². The van der Waals surface area contributed by atoms with Crippen LogP contribution in [0.4, 0.5) is 17.1 Å². The van der Waals surface area contributed by atoms with Gasteiger partial charge in [0.25, 0.3) is 0 Å². The molecule has 10 saturated carbocycles. The van der Waals surface area contributed by atoms with E-state index in [0.717, 1.165) is 0 Å². The van der Waals surface area contributed by atoms with Crippen molar-refractivity contribution in [3.63, 3.8) is 0 Å². The predicted molar refractivity (Wildman–Crippen MR) is 262 cm³/mol. The summed E-state index contributed by atoms with van der Waals surface area (Å²) in [4.78, 5) is 172. The standard InChI is InChI=1S/C59H50N6O16/c1-76-50(72)56-32-22-17-23(27-26(22)44(66)63(45(27)67)19-5-11-60-12-6-19)33(32)57(80-56,51(73)77-2)41-37-30-31-38-42-43(39(31)55(37)49(71)65(21-9-15-62-16-10-21)48(70)54(38,55)36(30)40(41)56)59(53(75)79-4)35-25-18-24(34(35)58(42,81-59)52(74)78-3)28-29(25)47(69)64(46(28)68)20-7-13-61-14-8-20/h5-16,22-43H,17-18H2,1-4H3/t22-,23+,24+,25-,26-,27+,28+,29-,30?,31?,32?,33?,34?,35?,36-,37+,38+,39-,40?,41?,42?,43?,54?,55?,56-,57+,58+,59-. The molecule has 17 fully saturated rings. The third-order valence-corrected chi connectivity index (χ3v) is 26.1. The molecule has 2 spiro atoms. The Morgan fingerprint density at radius 3 is 0.889 bits per heavy atom. The molecule has 20 rings (SSSR count). The maximum atomic E-state index is 16.9. The van der Waals surface area contributed by atoms with Gasteiger partial charge in [0, 0.05) is 84.5 Å². The molecule has 10 heterocycles. The molecule has 3 aromatic heterocycles. The molecule has 6 amide bonds. The van der Waals surface area contributed by atoms with Crippen molar-refractivity contribution in [2.24, 2.45) is 141 Å². The summed E-state index contributed by atoms with van der Waals surface area (Å²) in [6.45, 7) is 0. The number of rotatable bonds is 7. The molecule has 22 nitrogen and oxygen atoms in total. The summed E-state index contributed by atoms with van der Waals surface area (Å²) >= 11 is 0. The quantitative estimate of drug-likeness (QED) is 0.182. The van der Waals surface area contributed by atoms with Gasteiger partial charge in [-0.15, -0.1) is 0 Å². The monoisotopic (exact) mass is 1100 g/mol. The van der Waals surface area contributed by atoms with Crippen LogP contribution in [0.25, 0.3) is 0 Å². The third-order valence-electron chi connectivity index (χ3n) is 26.1. The van der Waals surface area contributed by atoms with Gasteiger partial charge in [-0.3, -0.25) is 43.7 Å². The molecular formula is C59H50N6O16. The largest absolute Gasteiger partial charge is 0.467 e. The Hall–Kier alpha value is -7.33. The number of amides is 6. The molecule has 412 valence electrons. The lowest BCUT2D eigenvalue weighted by molar-refractivity contribution is -0.203. The maximum absolute atomic E-state index is 16.9. The smallest absolute Gasteiger partial charge is 0.338 e. The van der Waals surface area contributed by atoms with Gasteiger partial charge in [0.05, 0.1) is 80.0 Å². The number of nitrogens with zero attached hydrogens (tertiary/aromatic N) is 6. The van der Waals surface area contributed by atoms with Crippen LogP contribution in [0.2, 0.25) is 0 Å². The van der Waals surface area contributed by atoms with Crippen molar-refractivity contribution < 1.29 is 76.4 Å². The summed E-state index contributed by atoms with van der Waals surface area (Å²) in [7, 11) is 4.95. The summed E-state index contributed by atoms with van der Waals surface area (Å²) < 4.78 is 38.4. The highest BCUT2D eigenvalue weighted by atomic mass is 16.6. The molecule has 12 unspecified atom stereocenters. The topological polar surface area (TPSA) is 274 Å². The van der Waals surface area contributed by atoms with E-state index in [-0.39, 0.29) is 5.69 Å². The summed E-state index contributed by atoms with van der Waals surface area (Å²) in [5.41, 5.74) is -10.5. The van der Waals surface area contributed by atoms with Crippen LogP contribution in [0.1, 0.15) is 12.8 Å². The molecule has 16 bridgehead atoms. The lowest BCUT2D eigenvalue weighted by Gasteiger charge is -2.62. The van der Waals surface area contributed by atoms with Gasteiger partial charge in [0.2, 0.25) is 35.4 Å². The summed E-state index contributed by atoms with van der Waals surface area (Å²) in [5, 5.41) is 0. The second-order valence-electron chi connectivity index (χ2n) is 26.4. The number of pyridine rings is 3. The van der Waals surface area contributed by atoms with E-state index in [9.17, 15) is 19.2 Å². The van der Waals surface area contributed by atoms with Crippen LogP contribution in [0.15, 0.2) is 73.6 Å². The fourth-order valence-corrected chi connectivity index (χ4v) is 26.1. The molecule has 28 atom stereocenters. The summed E-state index contributed by atoms with van der Waals surface area (Å²) in [5.74, 6) is -24.4. The minimum atomic E-state index is -2.00. The minimum Gasteiger partial charge on any atom is -0.467 e. The van der Waals surface area contributed by atoms with Crippen LogP contribution < -0.4 is 14.7 Å². The fourth-order valence-electron chi connectivity index (χ4n) is 26.1. The molecule has 0 N–H and O–H groups in total. The number of fused-ring (bicyclic) bond motifs is 30. The van der Waals surface area contributed by atoms with Crippen molar-refractivity contribution in [2.45, 2.75) is 35.2 Å².